The number of hydrogen-bond donors (Lipinski definition) is 0. The van der Waals surface area contributed by atoms with Crippen molar-refractivity contribution >= 4 is 43.9 Å². The van der Waals surface area contributed by atoms with Crippen molar-refractivity contribution < 1.29 is 4.42 Å². The highest BCUT2D eigenvalue weighted by molar-refractivity contribution is 6.11. The minimum absolute atomic E-state index is 0.396. The van der Waals surface area contributed by atoms with Gasteiger partial charge in [0, 0.05) is 38.5 Å². The summed E-state index contributed by atoms with van der Waals surface area (Å²) in [5, 5.41) is 3.22. The Bertz CT molecular complexity index is 3230. The van der Waals surface area contributed by atoms with Crippen molar-refractivity contribution in [1.82, 2.24) is 29.5 Å². The van der Waals surface area contributed by atoms with Gasteiger partial charge in [0.05, 0.1) is 11.0 Å². The molecule has 0 aliphatic heterocycles. The zero-order valence-electron chi connectivity index (χ0n) is 29.9. The molecule has 56 heavy (non-hydrogen) atoms. The lowest BCUT2D eigenvalue weighted by Gasteiger charge is -2.11. The Hall–Kier alpha value is -7.77. The summed E-state index contributed by atoms with van der Waals surface area (Å²) >= 11 is 0. The summed E-state index contributed by atoms with van der Waals surface area (Å²) in [7, 11) is 0. The third-order valence-electron chi connectivity index (χ3n) is 10.3. The van der Waals surface area contributed by atoms with Crippen LogP contribution in [0.4, 0.5) is 0 Å². The molecule has 0 saturated heterocycles. The molecule has 0 fully saturated rings. The average molecular weight is 719 g/mol. The molecule has 0 atom stereocenters. The first-order valence-electron chi connectivity index (χ1n) is 18.5. The molecule has 11 aromatic rings. The number of furan rings is 1. The molecule has 11 rings (SSSR count). The van der Waals surface area contributed by atoms with Crippen LogP contribution in [0.2, 0.25) is 0 Å². The summed E-state index contributed by atoms with van der Waals surface area (Å²) < 4.78 is 8.84. The molecule has 4 aromatic heterocycles. The van der Waals surface area contributed by atoms with Gasteiger partial charge in [0.25, 0.3) is 0 Å². The maximum atomic E-state index is 6.54. The molecule has 0 aliphatic rings. The summed E-state index contributed by atoms with van der Waals surface area (Å²) in [4.78, 5) is 25.6. The second kappa shape index (κ2) is 13.0. The van der Waals surface area contributed by atoms with Crippen molar-refractivity contribution in [1.29, 1.82) is 0 Å². The van der Waals surface area contributed by atoms with Crippen LogP contribution in [0.25, 0.3) is 106 Å². The lowest BCUT2D eigenvalue weighted by atomic mass is 10.0. The maximum Gasteiger partial charge on any atom is 0.186 e. The van der Waals surface area contributed by atoms with E-state index in [1.165, 1.54) is 5.39 Å². The minimum atomic E-state index is 0.396. The quantitative estimate of drug-likeness (QED) is 0.170. The SMILES string of the molecule is c1ccc(-c2ccc(-c3nc(-c4ccccc4)nc(-c4nc(-c5ccc6c7ccccc7n(-c7ccccc7)c6c5)nc5c4oc4ccccc45)n3)cc2)cc1. The Morgan fingerprint density at radius 1 is 0.357 bits per heavy atom. The molecule has 0 saturated carbocycles. The van der Waals surface area contributed by atoms with Gasteiger partial charge in [0.2, 0.25) is 0 Å². The number of aromatic nitrogens is 6. The fraction of sp³-hybridized carbons (Fsp3) is 0. The van der Waals surface area contributed by atoms with E-state index in [4.69, 9.17) is 29.3 Å². The molecule has 0 amide bonds. The van der Waals surface area contributed by atoms with Gasteiger partial charge < -0.3 is 8.98 Å². The van der Waals surface area contributed by atoms with E-state index >= 15 is 0 Å². The second-order valence-electron chi connectivity index (χ2n) is 13.7. The highest BCUT2D eigenvalue weighted by Gasteiger charge is 2.23. The summed E-state index contributed by atoms with van der Waals surface area (Å²) in [6.07, 6.45) is 0. The van der Waals surface area contributed by atoms with Gasteiger partial charge in [-0.25, -0.2) is 24.9 Å². The first-order valence-corrected chi connectivity index (χ1v) is 18.5. The van der Waals surface area contributed by atoms with Crippen molar-refractivity contribution in [3.05, 3.63) is 182 Å². The lowest BCUT2D eigenvalue weighted by Crippen LogP contribution is -2.03. The Kier molecular flexibility index (Phi) is 7.35. The molecule has 0 unspecified atom stereocenters. The predicted molar refractivity (Wildman–Crippen MR) is 224 cm³/mol. The number of para-hydroxylation sites is 3. The number of fused-ring (bicyclic) bond motifs is 6. The van der Waals surface area contributed by atoms with Crippen LogP contribution in [0.3, 0.4) is 0 Å². The molecule has 7 nitrogen and oxygen atoms in total. The molecule has 4 heterocycles. The number of benzene rings is 7. The van der Waals surface area contributed by atoms with Gasteiger partial charge in [0.15, 0.2) is 34.6 Å². The summed E-state index contributed by atoms with van der Waals surface area (Å²) in [6, 6.07) is 61.9. The molecule has 0 N–H and O–H groups in total. The number of nitrogens with zero attached hydrogens (tertiary/aromatic N) is 6. The van der Waals surface area contributed by atoms with Gasteiger partial charge >= 0.3 is 0 Å². The Morgan fingerprint density at radius 2 is 0.875 bits per heavy atom. The van der Waals surface area contributed by atoms with Crippen molar-refractivity contribution in [3.8, 4) is 62.5 Å². The molecular weight excluding hydrogens is 689 g/mol. The third kappa shape index (κ3) is 5.33. The normalized spacial score (nSPS) is 11.6. The van der Waals surface area contributed by atoms with Crippen LogP contribution >= 0.6 is 0 Å². The Balaban J connectivity index is 1.14. The molecule has 7 aromatic carbocycles. The molecule has 0 bridgehead atoms. The van der Waals surface area contributed by atoms with E-state index in [9.17, 15) is 0 Å². The van der Waals surface area contributed by atoms with E-state index in [0.29, 0.717) is 45.7 Å². The van der Waals surface area contributed by atoms with Gasteiger partial charge in [-0.3, -0.25) is 0 Å². The molecule has 7 heteroatoms. The predicted octanol–water partition coefficient (Wildman–Crippen LogP) is 12.0. The summed E-state index contributed by atoms with van der Waals surface area (Å²) in [5.41, 5.74) is 10.5. The van der Waals surface area contributed by atoms with E-state index in [1.54, 1.807) is 0 Å². The van der Waals surface area contributed by atoms with E-state index in [1.807, 2.05) is 78.9 Å². The average Bonchev–Trinajstić information content (AvgIpc) is 3.82. The smallest absolute Gasteiger partial charge is 0.186 e. The van der Waals surface area contributed by atoms with Crippen LogP contribution in [-0.4, -0.2) is 29.5 Å². The largest absolute Gasteiger partial charge is 0.452 e. The topological polar surface area (TPSA) is 82.5 Å². The van der Waals surface area contributed by atoms with Crippen LogP contribution in [0.5, 0.6) is 0 Å². The summed E-state index contributed by atoms with van der Waals surface area (Å²) in [5.74, 6) is 2.01. The molecule has 262 valence electrons. The fourth-order valence-electron chi connectivity index (χ4n) is 7.61. The van der Waals surface area contributed by atoms with Gasteiger partial charge in [-0.1, -0.05) is 146 Å². The first-order chi connectivity index (χ1) is 27.7. The molecule has 0 aliphatic carbocycles. The van der Waals surface area contributed by atoms with Gasteiger partial charge in [-0.15, -0.1) is 0 Å². The Morgan fingerprint density at radius 3 is 1.62 bits per heavy atom. The summed E-state index contributed by atoms with van der Waals surface area (Å²) in [6.45, 7) is 0. The monoisotopic (exact) mass is 718 g/mol. The van der Waals surface area contributed by atoms with Crippen molar-refractivity contribution in [2.45, 2.75) is 0 Å². The third-order valence-corrected chi connectivity index (χ3v) is 10.3. The lowest BCUT2D eigenvalue weighted by molar-refractivity contribution is 0.666. The van der Waals surface area contributed by atoms with E-state index < -0.39 is 0 Å². The zero-order chi connectivity index (χ0) is 37.0. The molecule has 0 spiro atoms. The van der Waals surface area contributed by atoms with Crippen molar-refractivity contribution in [2.75, 3.05) is 0 Å². The second-order valence-corrected chi connectivity index (χ2v) is 13.7. The molecule has 0 radical (unpaired) electrons. The van der Waals surface area contributed by atoms with Crippen LogP contribution in [0.15, 0.2) is 186 Å². The minimum Gasteiger partial charge on any atom is -0.452 e. The number of rotatable bonds is 6. The van der Waals surface area contributed by atoms with Gasteiger partial charge in [-0.2, -0.15) is 0 Å². The Labute approximate surface area is 321 Å². The van der Waals surface area contributed by atoms with Crippen LogP contribution in [0.1, 0.15) is 0 Å². The highest BCUT2D eigenvalue weighted by Crippen LogP contribution is 2.38. The van der Waals surface area contributed by atoms with Crippen LogP contribution in [-0.2, 0) is 0 Å². The van der Waals surface area contributed by atoms with E-state index in [-0.39, 0.29) is 0 Å². The highest BCUT2D eigenvalue weighted by atomic mass is 16.3. The first kappa shape index (κ1) is 31.7. The van der Waals surface area contributed by atoms with Gasteiger partial charge in [-0.05, 0) is 47.5 Å². The van der Waals surface area contributed by atoms with E-state index in [2.05, 4.69) is 108 Å². The van der Waals surface area contributed by atoms with Crippen molar-refractivity contribution in [2.24, 2.45) is 0 Å². The van der Waals surface area contributed by atoms with Crippen molar-refractivity contribution in [3.63, 3.8) is 0 Å². The maximum absolute atomic E-state index is 6.54. The molecular formula is C49H30N6O. The van der Waals surface area contributed by atoms with Crippen LogP contribution in [0, 0.1) is 0 Å². The standard InChI is InChI=1S/C49H30N6O/c1-4-14-31(15-5-1)32-24-26-34(27-25-32)47-52-46(33-16-6-2-7-17-33)53-49(54-47)44-45-43(39-21-11-13-23-42(39)56-45)50-48(51-44)35-28-29-38-37-20-10-12-22-40(37)55(41(38)30-35)36-18-8-3-9-19-36/h1-30H. The fourth-order valence-corrected chi connectivity index (χ4v) is 7.61. The van der Waals surface area contributed by atoms with Gasteiger partial charge in [0.1, 0.15) is 11.1 Å². The van der Waals surface area contributed by atoms with E-state index in [0.717, 1.165) is 55.3 Å². The zero-order valence-corrected chi connectivity index (χ0v) is 29.9. The van der Waals surface area contributed by atoms with Crippen LogP contribution < -0.4 is 0 Å². The number of hydrogen-bond acceptors (Lipinski definition) is 6.